The predicted molar refractivity (Wildman–Crippen MR) is 90.2 cm³/mol. The predicted octanol–water partition coefficient (Wildman–Crippen LogP) is 3.18. The molecular formula is C17H18F6N4O2. The van der Waals surface area contributed by atoms with E-state index in [1.54, 1.807) is 0 Å². The summed E-state index contributed by atoms with van der Waals surface area (Å²) in [5.74, 6) is -2.75. The highest BCUT2D eigenvalue weighted by Crippen LogP contribution is 2.35. The molecule has 1 aromatic heterocycles. The largest absolute Gasteiger partial charge is 0.451 e. The van der Waals surface area contributed by atoms with Gasteiger partial charge in [0, 0.05) is 5.54 Å². The quantitative estimate of drug-likeness (QED) is 0.766. The van der Waals surface area contributed by atoms with Crippen LogP contribution in [0.2, 0.25) is 0 Å². The van der Waals surface area contributed by atoms with Crippen LogP contribution < -0.4 is 11.4 Å². The van der Waals surface area contributed by atoms with Gasteiger partial charge in [-0.15, -0.1) is 5.10 Å². The smallest absolute Gasteiger partial charge is 0.366 e. The fourth-order valence-corrected chi connectivity index (χ4v) is 2.92. The lowest BCUT2D eigenvalue weighted by Gasteiger charge is -2.21. The van der Waals surface area contributed by atoms with Gasteiger partial charge in [0.1, 0.15) is 0 Å². The molecule has 0 spiro atoms. The lowest BCUT2D eigenvalue weighted by atomic mass is 9.97. The zero-order valence-electron chi connectivity index (χ0n) is 15.6. The van der Waals surface area contributed by atoms with E-state index in [0.717, 1.165) is 12.1 Å². The first-order valence-corrected chi connectivity index (χ1v) is 8.31. The Morgan fingerprint density at radius 3 is 2.07 bits per heavy atom. The van der Waals surface area contributed by atoms with Crippen molar-refractivity contribution in [3.05, 3.63) is 51.2 Å². The molecule has 2 aromatic rings. The van der Waals surface area contributed by atoms with Gasteiger partial charge in [0.05, 0.1) is 17.7 Å². The van der Waals surface area contributed by atoms with Gasteiger partial charge in [-0.1, -0.05) is 12.1 Å². The Labute approximate surface area is 160 Å². The third-order valence-corrected chi connectivity index (χ3v) is 4.06. The normalized spacial score (nSPS) is 13.0. The SMILES string of the molecule is CC(C)(C)n1c(C(F)(F)F)nn(CCc2cccc(C(N)=O)c2C(F)(F)F)c1=O. The van der Waals surface area contributed by atoms with Crippen molar-refractivity contribution in [2.75, 3.05) is 0 Å². The fourth-order valence-electron chi connectivity index (χ4n) is 2.92. The van der Waals surface area contributed by atoms with Crippen LogP contribution in [0.25, 0.3) is 0 Å². The molecule has 12 heteroatoms. The van der Waals surface area contributed by atoms with Crippen molar-refractivity contribution in [2.24, 2.45) is 5.73 Å². The van der Waals surface area contributed by atoms with Gasteiger partial charge in [-0.2, -0.15) is 26.3 Å². The lowest BCUT2D eigenvalue weighted by molar-refractivity contribution is -0.149. The summed E-state index contributed by atoms with van der Waals surface area (Å²) in [6, 6.07) is 3.13. The average Bonchev–Trinajstić information content (AvgIpc) is 2.88. The zero-order valence-corrected chi connectivity index (χ0v) is 15.6. The number of nitrogens with two attached hydrogens (primary N) is 1. The van der Waals surface area contributed by atoms with Crippen molar-refractivity contribution in [2.45, 2.75) is 51.6 Å². The number of hydrogen-bond donors (Lipinski definition) is 1. The summed E-state index contributed by atoms with van der Waals surface area (Å²) in [5.41, 5.74) is 0.188. The van der Waals surface area contributed by atoms with Gasteiger partial charge in [0.15, 0.2) is 0 Å². The summed E-state index contributed by atoms with van der Waals surface area (Å²) in [5, 5.41) is 3.28. The zero-order chi connectivity index (χ0) is 22.4. The van der Waals surface area contributed by atoms with Crippen LogP contribution in [0, 0.1) is 0 Å². The second-order valence-corrected chi connectivity index (χ2v) is 7.29. The Morgan fingerprint density at radius 1 is 1.07 bits per heavy atom. The monoisotopic (exact) mass is 424 g/mol. The number of benzene rings is 1. The molecule has 0 radical (unpaired) electrons. The van der Waals surface area contributed by atoms with Crippen LogP contribution in [0.4, 0.5) is 26.3 Å². The van der Waals surface area contributed by atoms with Crippen molar-refractivity contribution in [3.8, 4) is 0 Å². The number of nitrogens with zero attached hydrogens (tertiary/aromatic N) is 3. The molecule has 29 heavy (non-hydrogen) atoms. The molecule has 0 fully saturated rings. The van der Waals surface area contributed by atoms with E-state index < -0.39 is 59.4 Å². The van der Waals surface area contributed by atoms with E-state index in [2.05, 4.69) is 5.10 Å². The van der Waals surface area contributed by atoms with E-state index >= 15 is 0 Å². The number of rotatable bonds is 4. The summed E-state index contributed by atoms with van der Waals surface area (Å²) in [7, 11) is 0. The van der Waals surface area contributed by atoms with Crippen molar-refractivity contribution in [1.82, 2.24) is 14.3 Å². The molecule has 0 unspecified atom stereocenters. The summed E-state index contributed by atoms with van der Waals surface area (Å²) < 4.78 is 80.9. The van der Waals surface area contributed by atoms with Crippen molar-refractivity contribution < 1.29 is 31.1 Å². The summed E-state index contributed by atoms with van der Waals surface area (Å²) in [4.78, 5) is 23.8. The molecule has 6 nitrogen and oxygen atoms in total. The molecule has 0 saturated carbocycles. The maximum atomic E-state index is 13.4. The van der Waals surface area contributed by atoms with Gasteiger partial charge in [-0.05, 0) is 38.8 Å². The topological polar surface area (TPSA) is 82.9 Å². The molecule has 2 N–H and O–H groups in total. The number of aryl methyl sites for hydroxylation is 2. The van der Waals surface area contributed by atoms with Crippen LogP contribution in [0.15, 0.2) is 23.0 Å². The molecule has 1 heterocycles. The summed E-state index contributed by atoms with van der Waals surface area (Å²) in [6.45, 7) is 3.55. The molecule has 0 aliphatic heterocycles. The Bertz CT molecular complexity index is 980. The van der Waals surface area contributed by atoms with E-state index in [1.807, 2.05) is 0 Å². The molecule has 0 aliphatic carbocycles. The lowest BCUT2D eigenvalue weighted by Crippen LogP contribution is -2.37. The van der Waals surface area contributed by atoms with Crippen LogP contribution in [0.3, 0.4) is 0 Å². The van der Waals surface area contributed by atoms with Crippen LogP contribution in [0.1, 0.15) is 48.1 Å². The van der Waals surface area contributed by atoms with Crippen LogP contribution >= 0.6 is 0 Å². The standard InChI is InChI=1S/C17H18F6N4O2/c1-15(2,3)27-13(17(21,22)23)25-26(14(27)29)8-7-9-5-4-6-10(12(24)28)11(9)16(18,19)20/h4-6H,7-8H2,1-3H3,(H2,24,28). The number of aromatic nitrogens is 3. The molecule has 2 rings (SSSR count). The maximum absolute atomic E-state index is 13.4. The summed E-state index contributed by atoms with van der Waals surface area (Å²) >= 11 is 0. The minimum Gasteiger partial charge on any atom is -0.366 e. The number of halogens is 6. The second kappa shape index (κ2) is 7.23. The van der Waals surface area contributed by atoms with Crippen LogP contribution in [0.5, 0.6) is 0 Å². The number of amides is 1. The first kappa shape index (κ1) is 22.5. The van der Waals surface area contributed by atoms with Gasteiger partial charge < -0.3 is 5.73 Å². The molecule has 0 atom stereocenters. The van der Waals surface area contributed by atoms with Crippen LogP contribution in [-0.4, -0.2) is 20.3 Å². The molecule has 0 saturated heterocycles. The number of carbonyl (C=O) groups excluding carboxylic acids is 1. The van der Waals surface area contributed by atoms with Gasteiger partial charge in [0.25, 0.3) is 0 Å². The highest BCUT2D eigenvalue weighted by molar-refractivity contribution is 5.94. The number of primary amides is 1. The molecular weight excluding hydrogens is 406 g/mol. The van der Waals surface area contributed by atoms with E-state index in [-0.39, 0.29) is 5.56 Å². The molecule has 0 bridgehead atoms. The maximum Gasteiger partial charge on any atom is 0.451 e. The Kier molecular flexibility index (Phi) is 5.61. The van der Waals surface area contributed by atoms with Crippen LogP contribution in [-0.2, 0) is 30.9 Å². The molecule has 1 aromatic carbocycles. The van der Waals surface area contributed by atoms with Crippen molar-refractivity contribution in [1.29, 1.82) is 0 Å². The fraction of sp³-hybridized carbons (Fsp3) is 0.471. The van der Waals surface area contributed by atoms with Gasteiger partial charge in [-0.25, -0.2) is 9.48 Å². The summed E-state index contributed by atoms with van der Waals surface area (Å²) in [6.07, 6.45) is -10.3. The van der Waals surface area contributed by atoms with Gasteiger partial charge in [-0.3, -0.25) is 9.36 Å². The van der Waals surface area contributed by atoms with E-state index in [4.69, 9.17) is 5.73 Å². The second-order valence-electron chi connectivity index (χ2n) is 7.29. The third kappa shape index (κ3) is 4.62. The van der Waals surface area contributed by atoms with E-state index in [1.165, 1.54) is 26.8 Å². The number of carbonyl (C=O) groups is 1. The van der Waals surface area contributed by atoms with Gasteiger partial charge in [0.2, 0.25) is 11.7 Å². The average molecular weight is 424 g/mol. The molecule has 160 valence electrons. The highest BCUT2D eigenvalue weighted by Gasteiger charge is 2.42. The molecule has 1 amide bonds. The first-order valence-electron chi connectivity index (χ1n) is 8.31. The minimum atomic E-state index is -4.93. The first-order chi connectivity index (χ1) is 13.0. The third-order valence-electron chi connectivity index (χ3n) is 4.06. The number of alkyl halides is 6. The Balaban J connectivity index is 2.52. The van der Waals surface area contributed by atoms with E-state index in [0.29, 0.717) is 9.25 Å². The number of hydrogen-bond acceptors (Lipinski definition) is 3. The van der Waals surface area contributed by atoms with Gasteiger partial charge >= 0.3 is 18.0 Å². The van der Waals surface area contributed by atoms with E-state index in [9.17, 15) is 35.9 Å². The minimum absolute atomic E-state index is 0.389. The Morgan fingerprint density at radius 2 is 1.66 bits per heavy atom. The Hall–Kier alpha value is -2.79. The molecule has 0 aliphatic rings. The van der Waals surface area contributed by atoms with Crippen molar-refractivity contribution in [3.63, 3.8) is 0 Å². The van der Waals surface area contributed by atoms with Crippen molar-refractivity contribution >= 4 is 5.91 Å². The highest BCUT2D eigenvalue weighted by atomic mass is 19.4.